The molecule has 26 heavy (non-hydrogen) atoms. The van der Waals surface area contributed by atoms with Crippen LogP contribution in [0.4, 0.5) is 5.69 Å². The van der Waals surface area contributed by atoms with Crippen LogP contribution in [0.1, 0.15) is 18.4 Å². The third kappa shape index (κ3) is 4.28. The summed E-state index contributed by atoms with van der Waals surface area (Å²) in [6, 6.07) is 15.7. The summed E-state index contributed by atoms with van der Waals surface area (Å²) in [5, 5.41) is 0. The second-order valence-corrected chi connectivity index (χ2v) is 6.51. The molecule has 3 rings (SSSR count). The molecule has 1 heterocycles. The van der Waals surface area contributed by atoms with Crippen LogP contribution < -0.4 is 14.4 Å². The van der Waals surface area contributed by atoms with Gasteiger partial charge in [0.15, 0.2) is 18.1 Å². The minimum atomic E-state index is -0.0628. The highest BCUT2D eigenvalue weighted by molar-refractivity contribution is 5.77. The summed E-state index contributed by atoms with van der Waals surface area (Å²) >= 11 is 0. The molecule has 2 aromatic carbocycles. The van der Waals surface area contributed by atoms with Gasteiger partial charge in [0.2, 0.25) is 0 Å². The minimum absolute atomic E-state index is 0.0112. The molecular formula is C21H26N2O3. The molecule has 0 N–H and O–H groups in total. The predicted molar refractivity (Wildman–Crippen MR) is 103 cm³/mol. The van der Waals surface area contributed by atoms with Crippen molar-refractivity contribution >= 4 is 11.6 Å². The van der Waals surface area contributed by atoms with E-state index in [4.69, 9.17) is 9.47 Å². The molecule has 0 aliphatic carbocycles. The van der Waals surface area contributed by atoms with Crippen LogP contribution in [0, 0.1) is 0 Å². The number of ether oxygens (including phenoxy) is 2. The topological polar surface area (TPSA) is 42.0 Å². The summed E-state index contributed by atoms with van der Waals surface area (Å²) in [6.45, 7) is 2.74. The number of benzene rings is 2. The number of methoxy groups -OCH3 is 1. The number of para-hydroxylation sites is 3. The first-order valence-electron chi connectivity index (χ1n) is 9.01. The van der Waals surface area contributed by atoms with Gasteiger partial charge in [0, 0.05) is 32.4 Å². The van der Waals surface area contributed by atoms with E-state index in [0.29, 0.717) is 18.0 Å². The Morgan fingerprint density at radius 3 is 2.42 bits per heavy atom. The molecule has 2 aromatic rings. The maximum atomic E-state index is 12.5. The van der Waals surface area contributed by atoms with Gasteiger partial charge in [0.1, 0.15) is 0 Å². The summed E-state index contributed by atoms with van der Waals surface area (Å²) < 4.78 is 10.9. The predicted octanol–water partition coefficient (Wildman–Crippen LogP) is 3.33. The van der Waals surface area contributed by atoms with Crippen LogP contribution in [-0.4, -0.2) is 44.7 Å². The van der Waals surface area contributed by atoms with E-state index in [1.165, 1.54) is 24.1 Å². The lowest BCUT2D eigenvalue weighted by Gasteiger charge is -2.24. The second kappa shape index (κ2) is 8.61. The summed E-state index contributed by atoms with van der Waals surface area (Å²) in [7, 11) is 3.40. The lowest BCUT2D eigenvalue weighted by molar-refractivity contribution is -0.132. The molecule has 1 amide bonds. The number of nitrogens with zero attached hydrogens (tertiary/aromatic N) is 2. The zero-order valence-electron chi connectivity index (χ0n) is 15.5. The zero-order chi connectivity index (χ0) is 18.4. The first-order valence-corrected chi connectivity index (χ1v) is 9.01. The van der Waals surface area contributed by atoms with Crippen LogP contribution in [0.2, 0.25) is 0 Å². The average molecular weight is 354 g/mol. The molecule has 5 heteroatoms. The molecule has 0 bridgehead atoms. The van der Waals surface area contributed by atoms with Gasteiger partial charge in [-0.1, -0.05) is 30.3 Å². The number of carbonyl (C=O) groups is 1. The normalized spacial score (nSPS) is 13.5. The highest BCUT2D eigenvalue weighted by Gasteiger charge is 2.18. The monoisotopic (exact) mass is 354 g/mol. The van der Waals surface area contributed by atoms with E-state index < -0.39 is 0 Å². The Balaban J connectivity index is 1.61. The lowest BCUT2D eigenvalue weighted by atomic mass is 10.1. The van der Waals surface area contributed by atoms with Gasteiger partial charge < -0.3 is 19.3 Å². The number of carbonyl (C=O) groups excluding carboxylic acids is 1. The van der Waals surface area contributed by atoms with Gasteiger partial charge in [0.05, 0.1) is 7.11 Å². The molecule has 0 atom stereocenters. The molecule has 1 aliphatic heterocycles. The second-order valence-electron chi connectivity index (χ2n) is 6.51. The molecule has 0 unspecified atom stereocenters. The highest BCUT2D eigenvalue weighted by atomic mass is 16.5. The van der Waals surface area contributed by atoms with Gasteiger partial charge in [0.25, 0.3) is 5.91 Å². The Hall–Kier alpha value is -2.69. The molecule has 0 spiro atoms. The lowest BCUT2D eigenvalue weighted by Crippen LogP contribution is -2.32. The van der Waals surface area contributed by atoms with Gasteiger partial charge in [-0.2, -0.15) is 0 Å². The molecular weight excluding hydrogens is 328 g/mol. The van der Waals surface area contributed by atoms with E-state index >= 15 is 0 Å². The van der Waals surface area contributed by atoms with Crippen molar-refractivity contribution in [1.82, 2.24) is 4.90 Å². The molecule has 5 nitrogen and oxygen atoms in total. The van der Waals surface area contributed by atoms with Crippen molar-refractivity contribution in [1.29, 1.82) is 0 Å². The average Bonchev–Trinajstić information content (AvgIpc) is 3.21. The first kappa shape index (κ1) is 18.1. The van der Waals surface area contributed by atoms with Crippen molar-refractivity contribution in [2.75, 3.05) is 38.8 Å². The Morgan fingerprint density at radius 1 is 1.04 bits per heavy atom. The van der Waals surface area contributed by atoms with Crippen molar-refractivity contribution in [2.45, 2.75) is 19.4 Å². The quantitative estimate of drug-likeness (QED) is 0.765. The van der Waals surface area contributed by atoms with E-state index in [1.54, 1.807) is 18.1 Å². The largest absolute Gasteiger partial charge is 0.493 e. The third-order valence-corrected chi connectivity index (χ3v) is 4.69. The number of anilines is 1. The summed E-state index contributed by atoms with van der Waals surface area (Å²) in [5.74, 6) is 1.14. The van der Waals surface area contributed by atoms with Crippen LogP contribution in [0.15, 0.2) is 48.5 Å². The maximum absolute atomic E-state index is 12.5. The van der Waals surface area contributed by atoms with E-state index in [1.807, 2.05) is 31.3 Å². The van der Waals surface area contributed by atoms with Gasteiger partial charge in [-0.05, 0) is 36.6 Å². The van der Waals surface area contributed by atoms with Crippen LogP contribution in [0.5, 0.6) is 11.5 Å². The Bertz CT molecular complexity index is 742. The van der Waals surface area contributed by atoms with Gasteiger partial charge in [-0.25, -0.2) is 0 Å². The molecule has 1 saturated heterocycles. The number of hydrogen-bond acceptors (Lipinski definition) is 4. The molecule has 138 valence electrons. The fraction of sp³-hybridized carbons (Fsp3) is 0.381. The van der Waals surface area contributed by atoms with E-state index in [9.17, 15) is 4.79 Å². The minimum Gasteiger partial charge on any atom is -0.493 e. The van der Waals surface area contributed by atoms with Crippen molar-refractivity contribution in [3.05, 3.63) is 54.1 Å². The fourth-order valence-corrected chi connectivity index (χ4v) is 3.24. The van der Waals surface area contributed by atoms with Gasteiger partial charge in [-0.3, -0.25) is 4.79 Å². The Morgan fingerprint density at radius 2 is 1.69 bits per heavy atom. The zero-order valence-corrected chi connectivity index (χ0v) is 15.5. The Labute approximate surface area is 155 Å². The first-order chi connectivity index (χ1) is 12.7. The third-order valence-electron chi connectivity index (χ3n) is 4.69. The number of hydrogen-bond donors (Lipinski definition) is 0. The van der Waals surface area contributed by atoms with Crippen molar-refractivity contribution in [3.8, 4) is 11.5 Å². The van der Waals surface area contributed by atoms with Crippen LogP contribution in [-0.2, 0) is 11.3 Å². The Kier molecular flexibility index (Phi) is 6.00. The van der Waals surface area contributed by atoms with E-state index in [2.05, 4.69) is 23.1 Å². The maximum Gasteiger partial charge on any atom is 0.260 e. The number of amides is 1. The van der Waals surface area contributed by atoms with Crippen LogP contribution >= 0.6 is 0 Å². The molecule has 1 fully saturated rings. The van der Waals surface area contributed by atoms with Gasteiger partial charge >= 0.3 is 0 Å². The summed E-state index contributed by atoms with van der Waals surface area (Å²) in [4.78, 5) is 16.6. The molecule has 1 aliphatic rings. The van der Waals surface area contributed by atoms with E-state index in [0.717, 1.165) is 13.1 Å². The van der Waals surface area contributed by atoms with Gasteiger partial charge in [-0.15, -0.1) is 0 Å². The molecule has 0 saturated carbocycles. The smallest absolute Gasteiger partial charge is 0.260 e. The molecule has 0 radical (unpaired) electrons. The number of likely N-dealkylation sites (N-methyl/N-ethyl adjacent to an activating group) is 1. The fourth-order valence-electron chi connectivity index (χ4n) is 3.24. The van der Waals surface area contributed by atoms with Crippen LogP contribution in [0.25, 0.3) is 0 Å². The highest BCUT2D eigenvalue weighted by Crippen LogP contribution is 2.27. The summed E-state index contributed by atoms with van der Waals surface area (Å²) in [5.41, 5.74) is 2.40. The molecule has 0 aromatic heterocycles. The number of rotatable bonds is 7. The van der Waals surface area contributed by atoms with E-state index in [-0.39, 0.29) is 12.5 Å². The SMILES string of the molecule is COc1ccccc1OCC(=O)N(C)Cc1ccccc1N1CCCC1. The van der Waals surface area contributed by atoms with Crippen LogP contribution in [0.3, 0.4) is 0 Å². The standard InChI is InChI=1S/C21H26N2O3/c1-22(21(24)16-26-20-12-6-5-11-19(20)25-2)15-17-9-3-4-10-18(17)23-13-7-8-14-23/h3-6,9-12H,7-8,13-16H2,1-2H3. The van der Waals surface area contributed by atoms with Crippen molar-refractivity contribution in [2.24, 2.45) is 0 Å². The van der Waals surface area contributed by atoms with Crippen molar-refractivity contribution in [3.63, 3.8) is 0 Å². The van der Waals surface area contributed by atoms with Crippen molar-refractivity contribution < 1.29 is 14.3 Å². The summed E-state index contributed by atoms with van der Waals surface area (Å²) in [6.07, 6.45) is 2.46.